The second-order valence-electron chi connectivity index (χ2n) is 5.61. The van der Waals surface area contributed by atoms with Gasteiger partial charge in [0.2, 0.25) is 5.91 Å². The van der Waals surface area contributed by atoms with Gasteiger partial charge in [0.25, 0.3) is 0 Å². The quantitative estimate of drug-likeness (QED) is 0.826. The van der Waals surface area contributed by atoms with Crippen LogP contribution in [0.15, 0.2) is 47.6 Å². The second kappa shape index (κ2) is 9.11. The summed E-state index contributed by atoms with van der Waals surface area (Å²) in [5, 5.41) is 3.36. The Morgan fingerprint density at radius 3 is 2.88 bits per heavy atom. The summed E-state index contributed by atoms with van der Waals surface area (Å²) in [6.07, 6.45) is 4.27. The van der Waals surface area contributed by atoms with E-state index in [1.807, 2.05) is 40.9 Å². The fourth-order valence-corrected chi connectivity index (χ4v) is 3.71. The summed E-state index contributed by atoms with van der Waals surface area (Å²) < 4.78 is 2.00. The number of aryl methyl sites for hydroxylation is 1. The SMILES string of the molecule is Cl.Cn1ccnc1C1CNCCN1C(=O)CCSc1ccccc1. The Kier molecular flexibility index (Phi) is 7.15. The number of thioether (sulfide) groups is 1. The van der Waals surface area contributed by atoms with E-state index in [1.165, 1.54) is 4.90 Å². The molecule has 1 fully saturated rings. The fraction of sp³-hybridized carbons (Fsp3) is 0.412. The minimum Gasteiger partial charge on any atom is -0.336 e. The average molecular weight is 367 g/mol. The third-order valence-electron chi connectivity index (χ3n) is 4.05. The lowest BCUT2D eigenvalue weighted by atomic mass is 10.1. The van der Waals surface area contributed by atoms with Crippen molar-refractivity contribution in [3.63, 3.8) is 0 Å². The molecule has 7 heteroatoms. The minimum atomic E-state index is 0. The number of benzene rings is 1. The third kappa shape index (κ3) is 4.53. The predicted molar refractivity (Wildman–Crippen MR) is 99.6 cm³/mol. The van der Waals surface area contributed by atoms with Crippen molar-refractivity contribution in [2.24, 2.45) is 7.05 Å². The Balaban J connectivity index is 0.00000208. The first-order chi connectivity index (χ1) is 11.3. The number of nitrogens with zero attached hydrogens (tertiary/aromatic N) is 3. The first-order valence-electron chi connectivity index (χ1n) is 7.91. The van der Waals surface area contributed by atoms with Crippen LogP contribution in [0.5, 0.6) is 0 Å². The van der Waals surface area contributed by atoms with Gasteiger partial charge >= 0.3 is 0 Å². The van der Waals surface area contributed by atoms with E-state index in [1.54, 1.807) is 18.0 Å². The maximum Gasteiger partial charge on any atom is 0.224 e. The number of carbonyl (C=O) groups excluding carboxylic acids is 1. The van der Waals surface area contributed by atoms with Crippen molar-refractivity contribution in [3.8, 4) is 0 Å². The monoisotopic (exact) mass is 366 g/mol. The molecule has 0 bridgehead atoms. The van der Waals surface area contributed by atoms with Crippen LogP contribution in [0.1, 0.15) is 18.3 Å². The van der Waals surface area contributed by atoms with Crippen molar-refractivity contribution in [1.29, 1.82) is 0 Å². The average Bonchev–Trinajstić information content (AvgIpc) is 3.01. The normalized spacial score (nSPS) is 17.4. The number of amides is 1. The zero-order valence-corrected chi connectivity index (χ0v) is 15.4. The molecule has 1 aliphatic heterocycles. The Morgan fingerprint density at radius 2 is 2.17 bits per heavy atom. The summed E-state index contributed by atoms with van der Waals surface area (Å²) in [6.45, 7) is 2.35. The summed E-state index contributed by atoms with van der Waals surface area (Å²) in [7, 11) is 1.98. The molecular weight excluding hydrogens is 344 g/mol. The lowest BCUT2D eigenvalue weighted by molar-refractivity contribution is -0.134. The van der Waals surface area contributed by atoms with Crippen LogP contribution in [0.4, 0.5) is 0 Å². The molecule has 0 saturated carbocycles. The van der Waals surface area contributed by atoms with Crippen molar-refractivity contribution in [1.82, 2.24) is 19.8 Å². The van der Waals surface area contributed by atoms with Crippen LogP contribution in [0.25, 0.3) is 0 Å². The number of nitrogens with one attached hydrogen (secondary N) is 1. The van der Waals surface area contributed by atoms with Crippen molar-refractivity contribution in [3.05, 3.63) is 48.5 Å². The van der Waals surface area contributed by atoms with Gasteiger partial charge in [0.1, 0.15) is 11.9 Å². The molecule has 2 heterocycles. The molecule has 5 nitrogen and oxygen atoms in total. The van der Waals surface area contributed by atoms with Crippen LogP contribution in [-0.4, -0.2) is 45.7 Å². The van der Waals surface area contributed by atoms with E-state index in [0.29, 0.717) is 6.42 Å². The van der Waals surface area contributed by atoms with Gasteiger partial charge in [0, 0.05) is 56.1 Å². The number of hydrogen-bond donors (Lipinski definition) is 1. The summed E-state index contributed by atoms with van der Waals surface area (Å²) in [6, 6.07) is 10.2. The van der Waals surface area contributed by atoms with Crippen molar-refractivity contribution in [2.75, 3.05) is 25.4 Å². The summed E-state index contributed by atoms with van der Waals surface area (Å²) in [5.41, 5.74) is 0. The van der Waals surface area contributed by atoms with E-state index >= 15 is 0 Å². The lowest BCUT2D eigenvalue weighted by Crippen LogP contribution is -2.49. The van der Waals surface area contributed by atoms with Gasteiger partial charge in [-0.05, 0) is 12.1 Å². The van der Waals surface area contributed by atoms with Crippen LogP contribution in [0.2, 0.25) is 0 Å². The zero-order chi connectivity index (χ0) is 16.1. The molecule has 1 saturated heterocycles. The van der Waals surface area contributed by atoms with Gasteiger partial charge in [0.05, 0.1) is 0 Å². The van der Waals surface area contributed by atoms with Gasteiger partial charge in [-0.25, -0.2) is 4.98 Å². The Hall–Kier alpha value is -1.50. The summed E-state index contributed by atoms with van der Waals surface area (Å²) in [4.78, 5) is 20.3. The van der Waals surface area contributed by atoms with Crippen LogP contribution >= 0.6 is 24.2 Å². The Labute approximate surface area is 153 Å². The van der Waals surface area contributed by atoms with Crippen LogP contribution in [0.3, 0.4) is 0 Å². The second-order valence-corrected chi connectivity index (χ2v) is 6.78. The van der Waals surface area contributed by atoms with Gasteiger partial charge in [-0.1, -0.05) is 18.2 Å². The zero-order valence-electron chi connectivity index (χ0n) is 13.7. The molecular formula is C17H23ClN4OS. The number of imidazole rings is 1. The number of piperazine rings is 1. The first-order valence-corrected chi connectivity index (χ1v) is 8.89. The first kappa shape index (κ1) is 18.8. The van der Waals surface area contributed by atoms with Gasteiger partial charge in [-0.3, -0.25) is 4.79 Å². The van der Waals surface area contributed by atoms with Crippen molar-refractivity contribution >= 4 is 30.1 Å². The van der Waals surface area contributed by atoms with Crippen molar-refractivity contribution in [2.45, 2.75) is 17.4 Å². The van der Waals surface area contributed by atoms with Crippen LogP contribution < -0.4 is 5.32 Å². The number of hydrogen-bond acceptors (Lipinski definition) is 4. The van der Waals surface area contributed by atoms with Crippen LogP contribution in [-0.2, 0) is 11.8 Å². The molecule has 0 radical (unpaired) electrons. The lowest BCUT2D eigenvalue weighted by Gasteiger charge is -2.35. The molecule has 1 amide bonds. The predicted octanol–water partition coefficient (Wildman–Crippen LogP) is 2.50. The van der Waals surface area contributed by atoms with Gasteiger partial charge in [0.15, 0.2) is 0 Å². The third-order valence-corrected chi connectivity index (χ3v) is 5.06. The molecule has 1 aliphatic rings. The molecule has 0 aliphatic carbocycles. The van der Waals surface area contributed by atoms with E-state index < -0.39 is 0 Å². The maximum absolute atomic E-state index is 12.7. The molecule has 1 unspecified atom stereocenters. The highest BCUT2D eigenvalue weighted by atomic mass is 35.5. The molecule has 24 heavy (non-hydrogen) atoms. The molecule has 0 spiro atoms. The summed E-state index contributed by atoms with van der Waals surface area (Å²) in [5.74, 6) is 1.96. The number of carbonyl (C=O) groups is 1. The molecule has 3 rings (SSSR count). The standard InChI is InChI=1S/C17H22N4OS.ClH/c1-20-10-9-19-17(20)15-13-18-8-11-21(15)16(22)7-12-23-14-5-3-2-4-6-14;/h2-6,9-10,15,18H,7-8,11-13H2,1H3;1H. The van der Waals surface area contributed by atoms with E-state index in [2.05, 4.69) is 22.4 Å². The number of rotatable bonds is 5. The van der Waals surface area contributed by atoms with E-state index in [9.17, 15) is 4.79 Å². The van der Waals surface area contributed by atoms with Crippen LogP contribution in [0, 0.1) is 0 Å². The minimum absolute atomic E-state index is 0. The molecule has 1 atom stereocenters. The van der Waals surface area contributed by atoms with Gasteiger partial charge in [-0.2, -0.15) is 0 Å². The van der Waals surface area contributed by atoms with Gasteiger partial charge in [-0.15, -0.1) is 24.2 Å². The molecule has 130 valence electrons. The largest absolute Gasteiger partial charge is 0.336 e. The van der Waals surface area contributed by atoms with Crippen molar-refractivity contribution < 1.29 is 4.79 Å². The summed E-state index contributed by atoms with van der Waals surface area (Å²) >= 11 is 1.73. The number of halogens is 1. The topological polar surface area (TPSA) is 50.2 Å². The fourth-order valence-electron chi connectivity index (χ4n) is 2.85. The van der Waals surface area contributed by atoms with E-state index in [4.69, 9.17) is 0 Å². The molecule has 1 aromatic carbocycles. The highest BCUT2D eigenvalue weighted by molar-refractivity contribution is 7.99. The van der Waals surface area contributed by atoms with Gasteiger partial charge < -0.3 is 14.8 Å². The maximum atomic E-state index is 12.7. The number of aromatic nitrogens is 2. The highest BCUT2D eigenvalue weighted by Gasteiger charge is 2.29. The molecule has 1 aromatic heterocycles. The van der Waals surface area contributed by atoms with E-state index in [-0.39, 0.29) is 24.4 Å². The highest BCUT2D eigenvalue weighted by Crippen LogP contribution is 2.23. The Bertz CT molecular complexity index is 649. The molecule has 2 aromatic rings. The Morgan fingerprint density at radius 1 is 1.38 bits per heavy atom. The smallest absolute Gasteiger partial charge is 0.224 e. The van der Waals surface area contributed by atoms with E-state index in [0.717, 1.165) is 31.2 Å². The molecule has 1 N–H and O–H groups in total.